The third kappa shape index (κ3) is 4.64. The van der Waals surface area contributed by atoms with E-state index in [4.69, 9.17) is 4.98 Å². The van der Waals surface area contributed by atoms with Crippen LogP contribution in [0, 0.1) is 0 Å². The highest BCUT2D eigenvalue weighted by Gasteiger charge is 2.53. The molecule has 2 aliphatic rings. The minimum absolute atomic E-state index is 0.133. The quantitative estimate of drug-likeness (QED) is 0.177. The monoisotopic (exact) mass is 713 g/mol. The molecule has 8 aromatic carbocycles. The second-order valence-corrected chi connectivity index (χ2v) is 15.8. The molecule has 0 fully saturated rings. The van der Waals surface area contributed by atoms with Crippen molar-refractivity contribution < 1.29 is 0 Å². The average molecular weight is 714 g/mol. The van der Waals surface area contributed by atoms with Gasteiger partial charge in [0.2, 0.25) is 0 Å². The third-order valence-corrected chi connectivity index (χ3v) is 12.6. The van der Waals surface area contributed by atoms with Gasteiger partial charge in [0.05, 0.1) is 16.8 Å². The van der Waals surface area contributed by atoms with Gasteiger partial charge in [0.25, 0.3) is 0 Å². The summed E-state index contributed by atoms with van der Waals surface area (Å²) in [5.41, 5.74) is 19.3. The van der Waals surface area contributed by atoms with Gasteiger partial charge in [0.1, 0.15) is 0 Å². The predicted molar refractivity (Wildman–Crippen MR) is 233 cm³/mol. The van der Waals surface area contributed by atoms with Crippen LogP contribution in [0.4, 0.5) is 0 Å². The summed E-state index contributed by atoms with van der Waals surface area (Å²) >= 11 is 0. The van der Waals surface area contributed by atoms with Gasteiger partial charge in [-0.05, 0) is 95.7 Å². The molecule has 0 bridgehead atoms. The highest BCUT2D eigenvalue weighted by Crippen LogP contribution is 2.62. The maximum absolute atomic E-state index is 5.33. The molecule has 0 radical (unpaired) electrons. The first-order valence-electron chi connectivity index (χ1n) is 19.6. The van der Waals surface area contributed by atoms with E-state index in [1.807, 2.05) is 0 Å². The molecule has 2 aliphatic carbocycles. The fraction of sp³-hybridized carbons (Fsp3) is 0.0727. The summed E-state index contributed by atoms with van der Waals surface area (Å²) in [7, 11) is 0. The fourth-order valence-corrected chi connectivity index (χ4v) is 10.0. The summed E-state index contributed by atoms with van der Waals surface area (Å²) in [5.74, 6) is 0. The van der Waals surface area contributed by atoms with Crippen molar-refractivity contribution in [1.29, 1.82) is 0 Å². The predicted octanol–water partition coefficient (Wildman–Crippen LogP) is 13.9. The minimum Gasteiger partial charge on any atom is -0.248 e. The first kappa shape index (κ1) is 32.6. The zero-order valence-electron chi connectivity index (χ0n) is 31.5. The Morgan fingerprint density at radius 2 is 0.786 bits per heavy atom. The van der Waals surface area contributed by atoms with Crippen molar-refractivity contribution in [3.63, 3.8) is 0 Å². The topological polar surface area (TPSA) is 12.9 Å². The molecule has 0 N–H and O–H groups in total. The maximum Gasteiger partial charge on any atom is 0.0721 e. The Bertz CT molecular complexity index is 2880. The molecular weight excluding hydrogens is 675 g/mol. The Morgan fingerprint density at radius 3 is 1.46 bits per heavy atom. The highest BCUT2D eigenvalue weighted by atomic mass is 14.7. The van der Waals surface area contributed by atoms with Crippen LogP contribution in [0.2, 0.25) is 0 Å². The SMILES string of the molecule is CC1(C)c2ccccc2C2(c3ccccc3-c3ccc(-c4ccc(-c5cc(-c6ccccc6)cc(-c6ccccc6)n5)c5ccccc45)cc32)c2ccccc21. The number of hydrogen-bond acceptors (Lipinski definition) is 1. The third-order valence-electron chi connectivity index (χ3n) is 12.6. The normalized spacial score (nSPS) is 14.2. The molecule has 11 rings (SSSR count). The minimum atomic E-state index is -0.434. The molecular formula is C55H39N. The Morgan fingerprint density at radius 1 is 0.304 bits per heavy atom. The molecule has 0 unspecified atom stereocenters. The summed E-state index contributed by atoms with van der Waals surface area (Å²) in [6.45, 7) is 4.77. The zero-order chi connectivity index (χ0) is 37.4. The van der Waals surface area contributed by atoms with Crippen LogP contribution in [-0.4, -0.2) is 4.98 Å². The van der Waals surface area contributed by atoms with E-state index in [-0.39, 0.29) is 5.41 Å². The van der Waals surface area contributed by atoms with Crippen LogP contribution in [0.3, 0.4) is 0 Å². The van der Waals surface area contributed by atoms with Crippen molar-refractivity contribution in [3.05, 3.63) is 234 Å². The Labute approximate surface area is 328 Å². The number of rotatable bonds is 4. The van der Waals surface area contributed by atoms with E-state index in [9.17, 15) is 0 Å². The Balaban J connectivity index is 1.14. The smallest absolute Gasteiger partial charge is 0.0721 e. The van der Waals surface area contributed by atoms with Crippen LogP contribution in [0.25, 0.3) is 66.7 Å². The summed E-state index contributed by atoms with van der Waals surface area (Å²) in [4.78, 5) is 5.33. The van der Waals surface area contributed by atoms with Gasteiger partial charge in [-0.2, -0.15) is 0 Å². The number of fused-ring (bicyclic) bond motifs is 10. The lowest BCUT2D eigenvalue weighted by Gasteiger charge is -2.46. The summed E-state index contributed by atoms with van der Waals surface area (Å²) in [6, 6.07) is 73.7. The lowest BCUT2D eigenvalue weighted by molar-refractivity contribution is 0.563. The van der Waals surface area contributed by atoms with E-state index in [0.29, 0.717) is 0 Å². The Kier molecular flexibility index (Phi) is 7.18. The van der Waals surface area contributed by atoms with Crippen LogP contribution in [0.5, 0.6) is 0 Å². The molecule has 1 spiro atoms. The molecule has 1 heteroatoms. The molecule has 1 nitrogen and oxygen atoms in total. The molecule has 264 valence electrons. The molecule has 9 aromatic rings. The van der Waals surface area contributed by atoms with Gasteiger partial charge in [-0.25, -0.2) is 4.98 Å². The standard InChI is InChI=1S/C55H39N/c1-54(2)47-25-13-15-27-49(47)55(50-28-16-14-26-48(50)54)46-24-12-11-23-43(46)44-30-29-38(33-51(44)55)40-31-32-45(42-22-10-9-21-41(40)42)53-35-39(36-17-5-3-6-18-36)34-52(56-53)37-19-7-4-8-20-37/h3-35H,1-2H3. The molecule has 0 atom stereocenters. The van der Waals surface area contributed by atoms with E-state index < -0.39 is 5.41 Å². The van der Waals surface area contributed by atoms with Gasteiger partial charge < -0.3 is 0 Å². The summed E-state index contributed by atoms with van der Waals surface area (Å²) < 4.78 is 0. The summed E-state index contributed by atoms with van der Waals surface area (Å²) in [5, 5.41) is 2.41. The zero-order valence-corrected chi connectivity index (χ0v) is 31.5. The van der Waals surface area contributed by atoms with Crippen LogP contribution in [0.1, 0.15) is 47.2 Å². The number of pyridine rings is 1. The molecule has 0 amide bonds. The number of benzene rings is 8. The molecule has 56 heavy (non-hydrogen) atoms. The molecule has 0 saturated heterocycles. The molecule has 0 saturated carbocycles. The van der Waals surface area contributed by atoms with Crippen molar-refractivity contribution in [2.24, 2.45) is 0 Å². The fourth-order valence-electron chi connectivity index (χ4n) is 10.0. The second-order valence-electron chi connectivity index (χ2n) is 15.8. The van der Waals surface area contributed by atoms with Gasteiger partial charge in [-0.3, -0.25) is 0 Å². The lowest BCUT2D eigenvalue weighted by atomic mass is 9.55. The highest BCUT2D eigenvalue weighted by molar-refractivity contribution is 6.05. The van der Waals surface area contributed by atoms with Crippen molar-refractivity contribution in [2.75, 3.05) is 0 Å². The number of aromatic nitrogens is 1. The van der Waals surface area contributed by atoms with Crippen molar-refractivity contribution in [3.8, 4) is 55.9 Å². The molecule has 0 aliphatic heterocycles. The number of nitrogens with zero attached hydrogens (tertiary/aromatic N) is 1. The Hall–Kier alpha value is -6.83. The van der Waals surface area contributed by atoms with Gasteiger partial charge >= 0.3 is 0 Å². The van der Waals surface area contributed by atoms with Crippen molar-refractivity contribution >= 4 is 10.8 Å². The van der Waals surface area contributed by atoms with Crippen LogP contribution >= 0.6 is 0 Å². The van der Waals surface area contributed by atoms with E-state index in [1.165, 1.54) is 72.0 Å². The maximum atomic E-state index is 5.33. The average Bonchev–Trinajstić information content (AvgIpc) is 3.56. The number of hydrogen-bond donors (Lipinski definition) is 0. The van der Waals surface area contributed by atoms with Gasteiger partial charge in [0, 0.05) is 16.5 Å². The van der Waals surface area contributed by atoms with Gasteiger partial charge in [-0.15, -0.1) is 0 Å². The molecule has 1 aromatic heterocycles. The summed E-state index contributed by atoms with van der Waals surface area (Å²) in [6.07, 6.45) is 0. The van der Waals surface area contributed by atoms with Crippen molar-refractivity contribution in [1.82, 2.24) is 4.98 Å². The van der Waals surface area contributed by atoms with Crippen molar-refractivity contribution in [2.45, 2.75) is 24.7 Å². The van der Waals surface area contributed by atoms with Crippen LogP contribution in [-0.2, 0) is 10.8 Å². The van der Waals surface area contributed by atoms with E-state index >= 15 is 0 Å². The van der Waals surface area contributed by atoms with Crippen LogP contribution < -0.4 is 0 Å². The largest absolute Gasteiger partial charge is 0.248 e. The van der Waals surface area contributed by atoms with Crippen LogP contribution in [0.15, 0.2) is 200 Å². The van der Waals surface area contributed by atoms with E-state index in [2.05, 4.69) is 214 Å². The van der Waals surface area contributed by atoms with E-state index in [0.717, 1.165) is 28.1 Å². The lowest BCUT2D eigenvalue weighted by Crippen LogP contribution is -2.40. The first-order valence-corrected chi connectivity index (χ1v) is 19.6. The van der Waals surface area contributed by atoms with Gasteiger partial charge in [0.15, 0.2) is 0 Å². The molecule has 1 heterocycles. The first-order chi connectivity index (χ1) is 27.5. The van der Waals surface area contributed by atoms with E-state index in [1.54, 1.807) is 0 Å². The second kappa shape index (κ2) is 12.3. The van der Waals surface area contributed by atoms with Gasteiger partial charge in [-0.1, -0.05) is 196 Å².